The van der Waals surface area contributed by atoms with Crippen molar-refractivity contribution in [3.05, 3.63) is 54.1 Å². The van der Waals surface area contributed by atoms with Crippen molar-refractivity contribution >= 4 is 23.3 Å². The first kappa shape index (κ1) is 19.3. The monoisotopic (exact) mass is 355 g/mol. The van der Waals surface area contributed by atoms with E-state index in [0.717, 1.165) is 17.7 Å². The Morgan fingerprint density at radius 1 is 0.923 bits per heavy atom. The van der Waals surface area contributed by atoms with Gasteiger partial charge in [0.1, 0.15) is 5.75 Å². The molecule has 0 aromatic heterocycles. The fourth-order valence-corrected chi connectivity index (χ4v) is 2.21. The summed E-state index contributed by atoms with van der Waals surface area (Å²) in [5.41, 5.74) is 2.49. The number of hydrogen-bond donors (Lipinski definition) is 3. The molecular formula is C20H25N3O3. The van der Waals surface area contributed by atoms with Gasteiger partial charge in [-0.1, -0.05) is 26.0 Å². The van der Waals surface area contributed by atoms with Gasteiger partial charge in [-0.25, -0.2) is 4.79 Å². The lowest BCUT2D eigenvalue weighted by atomic mass is 10.1. The zero-order chi connectivity index (χ0) is 18.9. The second-order valence-electron chi connectivity index (χ2n) is 6.20. The van der Waals surface area contributed by atoms with Gasteiger partial charge in [-0.05, 0) is 48.4 Å². The molecule has 0 aliphatic carbocycles. The van der Waals surface area contributed by atoms with Crippen molar-refractivity contribution in [1.29, 1.82) is 0 Å². The molecule has 0 saturated carbocycles. The molecule has 3 amide bonds. The second-order valence-corrected chi connectivity index (χ2v) is 6.20. The summed E-state index contributed by atoms with van der Waals surface area (Å²) in [7, 11) is 1.63. The Balaban J connectivity index is 1.75. The van der Waals surface area contributed by atoms with Crippen LogP contribution in [0.15, 0.2) is 48.5 Å². The van der Waals surface area contributed by atoms with Crippen molar-refractivity contribution in [1.82, 2.24) is 5.32 Å². The van der Waals surface area contributed by atoms with E-state index in [1.54, 1.807) is 31.4 Å². The van der Waals surface area contributed by atoms with Crippen LogP contribution in [-0.2, 0) is 11.2 Å². The molecule has 6 nitrogen and oxygen atoms in total. The first-order valence-electron chi connectivity index (χ1n) is 8.56. The maximum atomic E-state index is 11.9. The number of carbonyl (C=O) groups is 2. The number of carbonyl (C=O) groups excluding carboxylic acids is 2. The van der Waals surface area contributed by atoms with Crippen molar-refractivity contribution < 1.29 is 14.3 Å². The van der Waals surface area contributed by atoms with Crippen LogP contribution < -0.4 is 20.7 Å². The third kappa shape index (κ3) is 6.12. The number of benzene rings is 2. The Labute approximate surface area is 153 Å². The maximum absolute atomic E-state index is 11.9. The van der Waals surface area contributed by atoms with E-state index >= 15 is 0 Å². The molecule has 0 aliphatic rings. The summed E-state index contributed by atoms with van der Waals surface area (Å²) in [6.45, 7) is 4.20. The molecule has 2 aromatic carbocycles. The van der Waals surface area contributed by atoms with Crippen molar-refractivity contribution in [3.8, 4) is 5.75 Å². The molecule has 0 unspecified atom stereocenters. The molecule has 138 valence electrons. The highest BCUT2D eigenvalue weighted by molar-refractivity contribution is 5.93. The van der Waals surface area contributed by atoms with Crippen LogP contribution in [0.4, 0.5) is 16.2 Å². The van der Waals surface area contributed by atoms with E-state index in [4.69, 9.17) is 4.74 Å². The van der Waals surface area contributed by atoms with E-state index in [2.05, 4.69) is 16.0 Å². The van der Waals surface area contributed by atoms with Crippen molar-refractivity contribution in [2.24, 2.45) is 5.92 Å². The van der Waals surface area contributed by atoms with Gasteiger partial charge in [-0.15, -0.1) is 0 Å². The van der Waals surface area contributed by atoms with Gasteiger partial charge in [-0.2, -0.15) is 0 Å². The highest BCUT2D eigenvalue weighted by Crippen LogP contribution is 2.14. The van der Waals surface area contributed by atoms with Crippen molar-refractivity contribution in [2.45, 2.75) is 20.3 Å². The smallest absolute Gasteiger partial charge is 0.319 e. The normalized spacial score (nSPS) is 10.3. The fraction of sp³-hybridized carbons (Fsp3) is 0.300. The molecule has 2 rings (SSSR count). The van der Waals surface area contributed by atoms with E-state index in [1.807, 2.05) is 38.1 Å². The van der Waals surface area contributed by atoms with Gasteiger partial charge in [0.05, 0.1) is 7.11 Å². The molecular weight excluding hydrogens is 330 g/mol. The molecule has 0 saturated heterocycles. The number of ether oxygens (including phenoxy) is 1. The van der Waals surface area contributed by atoms with E-state index in [9.17, 15) is 9.59 Å². The second kappa shape index (κ2) is 9.46. The molecule has 6 heteroatoms. The molecule has 0 radical (unpaired) electrons. The van der Waals surface area contributed by atoms with Crippen LogP contribution in [0.3, 0.4) is 0 Å². The highest BCUT2D eigenvalue weighted by atomic mass is 16.5. The largest absolute Gasteiger partial charge is 0.497 e. The summed E-state index contributed by atoms with van der Waals surface area (Å²) in [6.07, 6.45) is 0.734. The SMILES string of the molecule is COc1ccc(CCNC(=O)Nc2ccc(NC(=O)C(C)C)cc2)cc1. The van der Waals surface area contributed by atoms with Crippen LogP contribution in [0, 0.1) is 5.92 Å². The zero-order valence-electron chi connectivity index (χ0n) is 15.3. The van der Waals surface area contributed by atoms with Crippen LogP contribution >= 0.6 is 0 Å². The van der Waals surface area contributed by atoms with E-state index in [0.29, 0.717) is 17.9 Å². The lowest BCUT2D eigenvalue weighted by Crippen LogP contribution is -2.30. The number of methoxy groups -OCH3 is 1. The number of nitrogens with one attached hydrogen (secondary N) is 3. The van der Waals surface area contributed by atoms with Crippen LogP contribution in [0.1, 0.15) is 19.4 Å². The van der Waals surface area contributed by atoms with Gasteiger partial charge in [0.25, 0.3) is 0 Å². The van der Waals surface area contributed by atoms with Gasteiger partial charge in [-0.3, -0.25) is 4.79 Å². The average Bonchev–Trinajstić information content (AvgIpc) is 2.63. The molecule has 26 heavy (non-hydrogen) atoms. The van der Waals surface area contributed by atoms with Crippen molar-refractivity contribution in [3.63, 3.8) is 0 Å². The first-order chi connectivity index (χ1) is 12.5. The Bertz CT molecular complexity index is 725. The lowest BCUT2D eigenvalue weighted by Gasteiger charge is -2.10. The van der Waals surface area contributed by atoms with E-state index < -0.39 is 0 Å². The fourth-order valence-electron chi connectivity index (χ4n) is 2.21. The number of hydrogen-bond acceptors (Lipinski definition) is 3. The third-order valence-electron chi connectivity index (χ3n) is 3.79. The van der Waals surface area contributed by atoms with Crippen molar-refractivity contribution in [2.75, 3.05) is 24.3 Å². The molecule has 0 aliphatic heterocycles. The topological polar surface area (TPSA) is 79.5 Å². The molecule has 0 spiro atoms. The summed E-state index contributed by atoms with van der Waals surface area (Å²) >= 11 is 0. The predicted molar refractivity (Wildman–Crippen MR) is 104 cm³/mol. The summed E-state index contributed by atoms with van der Waals surface area (Å²) < 4.78 is 5.12. The summed E-state index contributed by atoms with van der Waals surface area (Å²) in [4.78, 5) is 23.6. The molecule has 2 aromatic rings. The summed E-state index contributed by atoms with van der Waals surface area (Å²) in [5, 5.41) is 8.39. The molecule has 0 atom stereocenters. The van der Waals surface area contributed by atoms with Gasteiger partial charge in [0, 0.05) is 23.8 Å². The van der Waals surface area contributed by atoms with Gasteiger partial charge in [0.2, 0.25) is 5.91 Å². The third-order valence-corrected chi connectivity index (χ3v) is 3.79. The summed E-state index contributed by atoms with van der Waals surface area (Å²) in [5.74, 6) is 0.693. The molecule has 3 N–H and O–H groups in total. The van der Waals surface area contributed by atoms with E-state index in [-0.39, 0.29) is 17.9 Å². The quantitative estimate of drug-likeness (QED) is 0.709. The van der Waals surface area contributed by atoms with Crippen LogP contribution in [-0.4, -0.2) is 25.6 Å². The van der Waals surface area contributed by atoms with Crippen LogP contribution in [0.25, 0.3) is 0 Å². The number of anilines is 2. The summed E-state index contributed by atoms with van der Waals surface area (Å²) in [6, 6.07) is 14.5. The Morgan fingerprint density at radius 3 is 2.04 bits per heavy atom. The Morgan fingerprint density at radius 2 is 1.50 bits per heavy atom. The van der Waals surface area contributed by atoms with Gasteiger partial charge >= 0.3 is 6.03 Å². The number of urea groups is 1. The number of rotatable bonds is 7. The minimum Gasteiger partial charge on any atom is -0.497 e. The molecule has 0 heterocycles. The lowest BCUT2D eigenvalue weighted by molar-refractivity contribution is -0.118. The standard InChI is InChI=1S/C20H25N3O3/c1-14(2)19(24)22-16-6-8-17(9-7-16)23-20(25)21-13-12-15-4-10-18(26-3)11-5-15/h4-11,14H,12-13H2,1-3H3,(H,22,24)(H2,21,23,25). The minimum absolute atomic E-state index is 0.0398. The predicted octanol–water partition coefficient (Wildman–Crippen LogP) is 3.65. The van der Waals surface area contributed by atoms with Gasteiger partial charge in [0.15, 0.2) is 0 Å². The molecule has 0 fully saturated rings. The maximum Gasteiger partial charge on any atom is 0.319 e. The number of amides is 3. The van der Waals surface area contributed by atoms with Gasteiger partial charge < -0.3 is 20.7 Å². The van der Waals surface area contributed by atoms with Crippen LogP contribution in [0.2, 0.25) is 0 Å². The van der Waals surface area contributed by atoms with E-state index in [1.165, 1.54) is 0 Å². The van der Waals surface area contributed by atoms with Crippen LogP contribution in [0.5, 0.6) is 5.75 Å². The average molecular weight is 355 g/mol. The minimum atomic E-state index is -0.266. The molecule has 0 bridgehead atoms. The Kier molecular flexibility index (Phi) is 7.02. The zero-order valence-corrected chi connectivity index (χ0v) is 15.3. The Hall–Kier alpha value is -3.02. The highest BCUT2D eigenvalue weighted by Gasteiger charge is 2.07. The first-order valence-corrected chi connectivity index (χ1v) is 8.56.